The van der Waals surface area contributed by atoms with Gasteiger partial charge in [-0.3, -0.25) is 4.79 Å². The van der Waals surface area contributed by atoms with E-state index in [1.807, 2.05) is 0 Å². The van der Waals surface area contributed by atoms with Gasteiger partial charge < -0.3 is 9.84 Å². The van der Waals surface area contributed by atoms with Crippen LogP contribution in [0.25, 0.3) is 11.3 Å². The molecule has 0 bridgehead atoms. The van der Waals surface area contributed by atoms with E-state index in [9.17, 15) is 13.6 Å². The second-order valence-corrected chi connectivity index (χ2v) is 5.83. The molecule has 1 N–H and O–H groups in total. The van der Waals surface area contributed by atoms with E-state index in [1.54, 1.807) is 31.2 Å². The molecule has 4 nitrogen and oxygen atoms in total. The molecule has 3 rings (SSSR count). The van der Waals surface area contributed by atoms with Crippen molar-refractivity contribution in [3.8, 4) is 11.3 Å². The van der Waals surface area contributed by atoms with Crippen molar-refractivity contribution in [2.24, 2.45) is 0 Å². The van der Waals surface area contributed by atoms with Gasteiger partial charge >= 0.3 is 0 Å². The van der Waals surface area contributed by atoms with Gasteiger partial charge in [0.25, 0.3) is 5.91 Å². The Bertz CT molecular complexity index is 923. The van der Waals surface area contributed by atoms with Crippen LogP contribution in [-0.2, 0) is 6.54 Å². The highest BCUT2D eigenvalue weighted by Crippen LogP contribution is 2.28. The Morgan fingerprint density at radius 1 is 1.20 bits per heavy atom. The van der Waals surface area contributed by atoms with Crippen LogP contribution in [0.15, 0.2) is 47.0 Å². The predicted octanol–water partition coefficient (Wildman–Crippen LogP) is 4.51. The summed E-state index contributed by atoms with van der Waals surface area (Å²) >= 11 is 5.82. The summed E-state index contributed by atoms with van der Waals surface area (Å²) in [4.78, 5) is 12.5. The normalized spacial score (nSPS) is 10.7. The number of aromatic nitrogens is 1. The number of rotatable bonds is 4. The third kappa shape index (κ3) is 3.69. The van der Waals surface area contributed by atoms with Gasteiger partial charge in [0.1, 0.15) is 28.7 Å². The van der Waals surface area contributed by atoms with E-state index < -0.39 is 17.5 Å². The quantitative estimate of drug-likeness (QED) is 0.742. The van der Waals surface area contributed by atoms with E-state index in [0.29, 0.717) is 5.02 Å². The van der Waals surface area contributed by atoms with Crippen molar-refractivity contribution < 1.29 is 18.1 Å². The van der Waals surface area contributed by atoms with Crippen molar-refractivity contribution >= 4 is 17.5 Å². The Balaban J connectivity index is 1.85. The zero-order valence-electron chi connectivity index (χ0n) is 13.1. The number of carbonyl (C=O) groups excluding carboxylic acids is 1. The van der Waals surface area contributed by atoms with Crippen LogP contribution in [0.2, 0.25) is 5.02 Å². The van der Waals surface area contributed by atoms with Gasteiger partial charge in [0, 0.05) is 23.2 Å². The summed E-state index contributed by atoms with van der Waals surface area (Å²) in [6, 6.07) is 10.0. The summed E-state index contributed by atoms with van der Waals surface area (Å²) < 4.78 is 32.1. The molecular weight excluding hydrogens is 350 g/mol. The van der Waals surface area contributed by atoms with Crippen LogP contribution in [0.3, 0.4) is 0 Å². The zero-order chi connectivity index (χ0) is 18.0. The summed E-state index contributed by atoms with van der Waals surface area (Å²) in [6.07, 6.45) is 0. The highest BCUT2D eigenvalue weighted by Gasteiger charge is 2.23. The fraction of sp³-hybridized carbons (Fsp3) is 0.111. The minimum absolute atomic E-state index is 0.00473. The molecule has 128 valence electrons. The molecule has 0 radical (unpaired) electrons. The van der Waals surface area contributed by atoms with Crippen molar-refractivity contribution in [2.75, 3.05) is 0 Å². The fourth-order valence-electron chi connectivity index (χ4n) is 2.38. The maximum atomic E-state index is 14.0. The van der Waals surface area contributed by atoms with Crippen molar-refractivity contribution in [2.45, 2.75) is 13.5 Å². The molecular formula is C18H13ClF2N2O2. The Hall–Kier alpha value is -2.73. The van der Waals surface area contributed by atoms with Crippen molar-refractivity contribution in [1.29, 1.82) is 0 Å². The maximum absolute atomic E-state index is 14.0. The van der Waals surface area contributed by atoms with Gasteiger partial charge in [-0.25, -0.2) is 8.78 Å². The Kier molecular flexibility index (Phi) is 4.81. The standard InChI is InChI=1S/C18H13ClF2N2O2/c1-10-16(18(24)22-9-11-2-4-12(19)5-3-11)17(23-25-10)14-7-6-13(20)8-15(14)21/h2-8H,9H2,1H3,(H,22,24). The molecule has 0 aliphatic carbocycles. The number of hydrogen-bond acceptors (Lipinski definition) is 3. The first-order chi connectivity index (χ1) is 12.0. The molecule has 0 aliphatic rings. The van der Waals surface area contributed by atoms with Gasteiger partial charge in [0.15, 0.2) is 0 Å². The van der Waals surface area contributed by atoms with Gasteiger partial charge in [-0.15, -0.1) is 0 Å². The Morgan fingerprint density at radius 2 is 1.92 bits per heavy atom. The van der Waals surface area contributed by atoms with Gasteiger partial charge in [-0.05, 0) is 36.8 Å². The number of aryl methyl sites for hydroxylation is 1. The van der Waals surface area contributed by atoms with E-state index in [0.717, 1.165) is 17.7 Å². The van der Waals surface area contributed by atoms with E-state index in [4.69, 9.17) is 16.1 Å². The van der Waals surface area contributed by atoms with Crippen LogP contribution >= 0.6 is 11.6 Å². The second-order valence-electron chi connectivity index (χ2n) is 5.40. The summed E-state index contributed by atoms with van der Waals surface area (Å²) in [6.45, 7) is 1.81. The summed E-state index contributed by atoms with van der Waals surface area (Å²) in [7, 11) is 0. The number of hydrogen-bond donors (Lipinski definition) is 1. The topological polar surface area (TPSA) is 55.1 Å². The number of carbonyl (C=O) groups is 1. The molecule has 0 saturated heterocycles. The first-order valence-corrected chi connectivity index (χ1v) is 7.78. The van der Waals surface area contributed by atoms with Crippen LogP contribution in [0.1, 0.15) is 21.7 Å². The number of amides is 1. The van der Waals surface area contributed by atoms with E-state index in [-0.39, 0.29) is 29.1 Å². The van der Waals surface area contributed by atoms with Crippen molar-refractivity contribution in [3.05, 3.63) is 76.0 Å². The molecule has 0 aliphatic heterocycles. The molecule has 0 unspecified atom stereocenters. The molecule has 2 aromatic carbocycles. The molecule has 1 amide bonds. The third-order valence-corrected chi connectivity index (χ3v) is 3.89. The van der Waals surface area contributed by atoms with Crippen LogP contribution in [-0.4, -0.2) is 11.1 Å². The Morgan fingerprint density at radius 3 is 2.60 bits per heavy atom. The SMILES string of the molecule is Cc1onc(-c2ccc(F)cc2F)c1C(=O)NCc1ccc(Cl)cc1. The van der Waals surface area contributed by atoms with Crippen LogP contribution in [0, 0.1) is 18.6 Å². The van der Waals surface area contributed by atoms with Gasteiger partial charge in [-0.1, -0.05) is 28.9 Å². The molecule has 0 spiro atoms. The van der Waals surface area contributed by atoms with Crippen LogP contribution < -0.4 is 5.32 Å². The average Bonchev–Trinajstić information content (AvgIpc) is 2.95. The lowest BCUT2D eigenvalue weighted by Crippen LogP contribution is -2.23. The summed E-state index contributed by atoms with van der Waals surface area (Å²) in [5.74, 6) is -1.75. The predicted molar refractivity (Wildman–Crippen MR) is 89.2 cm³/mol. The average molecular weight is 363 g/mol. The van der Waals surface area contributed by atoms with E-state index in [1.165, 1.54) is 6.07 Å². The van der Waals surface area contributed by atoms with Gasteiger partial charge in [-0.2, -0.15) is 0 Å². The summed E-state index contributed by atoms with van der Waals surface area (Å²) in [5.41, 5.74) is 0.986. The van der Waals surface area contributed by atoms with Gasteiger partial charge in [0.2, 0.25) is 0 Å². The first-order valence-electron chi connectivity index (χ1n) is 7.40. The smallest absolute Gasteiger partial charge is 0.257 e. The Labute approximate surface area is 147 Å². The van der Waals surface area contributed by atoms with Crippen LogP contribution in [0.5, 0.6) is 0 Å². The largest absolute Gasteiger partial charge is 0.360 e. The monoisotopic (exact) mass is 362 g/mol. The first kappa shape index (κ1) is 17.1. The minimum Gasteiger partial charge on any atom is -0.360 e. The molecule has 0 fully saturated rings. The summed E-state index contributed by atoms with van der Waals surface area (Å²) in [5, 5.41) is 7.07. The molecule has 25 heavy (non-hydrogen) atoms. The molecule has 1 heterocycles. The molecule has 3 aromatic rings. The number of nitrogens with one attached hydrogen (secondary N) is 1. The van der Waals surface area contributed by atoms with Crippen LogP contribution in [0.4, 0.5) is 8.78 Å². The minimum atomic E-state index is -0.819. The van der Waals surface area contributed by atoms with E-state index >= 15 is 0 Å². The number of nitrogens with zero attached hydrogens (tertiary/aromatic N) is 1. The van der Waals surface area contributed by atoms with E-state index in [2.05, 4.69) is 10.5 Å². The maximum Gasteiger partial charge on any atom is 0.257 e. The molecule has 0 saturated carbocycles. The third-order valence-electron chi connectivity index (χ3n) is 3.64. The lowest BCUT2D eigenvalue weighted by atomic mass is 10.0. The zero-order valence-corrected chi connectivity index (χ0v) is 13.9. The lowest BCUT2D eigenvalue weighted by molar-refractivity contribution is 0.0950. The van der Waals surface area contributed by atoms with Gasteiger partial charge in [0.05, 0.1) is 0 Å². The number of halogens is 3. The highest BCUT2D eigenvalue weighted by molar-refractivity contribution is 6.30. The molecule has 7 heteroatoms. The second kappa shape index (κ2) is 7.03. The highest BCUT2D eigenvalue weighted by atomic mass is 35.5. The van der Waals surface area contributed by atoms with Crippen molar-refractivity contribution in [1.82, 2.24) is 10.5 Å². The lowest BCUT2D eigenvalue weighted by Gasteiger charge is -2.07. The molecule has 1 aromatic heterocycles. The fourth-order valence-corrected chi connectivity index (χ4v) is 2.50. The van der Waals surface area contributed by atoms with Crippen molar-refractivity contribution in [3.63, 3.8) is 0 Å². The number of benzene rings is 2. The molecule has 0 atom stereocenters.